The Labute approximate surface area is 152 Å². The number of hydrogen-bond acceptors (Lipinski definition) is 3. The molecule has 3 rings (SSSR count). The first-order chi connectivity index (χ1) is 12.2. The summed E-state index contributed by atoms with van der Waals surface area (Å²) in [5.74, 6) is 1.40. The molecule has 4 heteroatoms. The number of ether oxygens (including phenoxy) is 1. The van der Waals surface area contributed by atoms with Gasteiger partial charge in [0.25, 0.3) is 5.91 Å². The molecule has 0 aromatic heterocycles. The van der Waals surface area contributed by atoms with Gasteiger partial charge in [0.05, 0.1) is 5.56 Å². The molecule has 126 valence electrons. The number of thioether (sulfide) groups is 1. The van der Waals surface area contributed by atoms with Crippen LogP contribution in [-0.4, -0.2) is 12.2 Å². The van der Waals surface area contributed by atoms with Crippen LogP contribution in [0.4, 0.5) is 5.69 Å². The second kappa shape index (κ2) is 7.90. The molecule has 3 aromatic carbocycles. The molecule has 0 saturated heterocycles. The van der Waals surface area contributed by atoms with E-state index < -0.39 is 0 Å². The van der Waals surface area contributed by atoms with Crippen LogP contribution >= 0.6 is 11.8 Å². The average molecular weight is 349 g/mol. The highest BCUT2D eigenvalue weighted by Crippen LogP contribution is 2.24. The smallest absolute Gasteiger partial charge is 0.256 e. The lowest BCUT2D eigenvalue weighted by Crippen LogP contribution is -2.12. The zero-order valence-corrected chi connectivity index (χ0v) is 15.0. The van der Waals surface area contributed by atoms with E-state index in [1.807, 2.05) is 86.0 Å². The number of nitrogens with one attached hydrogen (secondary N) is 1. The predicted octanol–water partition coefficient (Wildman–Crippen LogP) is 5.76. The van der Waals surface area contributed by atoms with Crippen LogP contribution in [0.25, 0.3) is 0 Å². The van der Waals surface area contributed by atoms with Crippen LogP contribution in [0.5, 0.6) is 11.5 Å². The summed E-state index contributed by atoms with van der Waals surface area (Å²) in [7, 11) is 0. The van der Waals surface area contributed by atoms with E-state index >= 15 is 0 Å². The molecule has 0 atom stereocenters. The summed E-state index contributed by atoms with van der Waals surface area (Å²) in [6.45, 7) is 2.04. The standard InChI is InChI=1S/C21H19NO2S/c1-15-7-11-17(12-8-15)24-18-13-9-16(10-14-18)22-21(23)19-5-3-4-6-20(19)25-2/h3-14H,1-2H3,(H,22,23). The van der Waals surface area contributed by atoms with Gasteiger partial charge in [0.15, 0.2) is 0 Å². The summed E-state index contributed by atoms with van der Waals surface area (Å²) in [6.07, 6.45) is 1.96. The van der Waals surface area contributed by atoms with Crippen LogP contribution in [0.1, 0.15) is 15.9 Å². The third-order valence-corrected chi connectivity index (χ3v) is 4.52. The minimum Gasteiger partial charge on any atom is -0.457 e. The monoisotopic (exact) mass is 349 g/mol. The van der Waals surface area contributed by atoms with Gasteiger partial charge in [0.2, 0.25) is 0 Å². The van der Waals surface area contributed by atoms with Crippen molar-refractivity contribution in [3.63, 3.8) is 0 Å². The van der Waals surface area contributed by atoms with Crippen LogP contribution in [0.15, 0.2) is 77.7 Å². The van der Waals surface area contributed by atoms with Crippen molar-refractivity contribution in [3.8, 4) is 11.5 Å². The summed E-state index contributed by atoms with van der Waals surface area (Å²) in [6, 6.07) is 22.8. The maximum atomic E-state index is 12.4. The number of carbonyl (C=O) groups is 1. The zero-order valence-electron chi connectivity index (χ0n) is 14.2. The number of hydrogen-bond donors (Lipinski definition) is 1. The van der Waals surface area contributed by atoms with Crippen molar-refractivity contribution < 1.29 is 9.53 Å². The number of benzene rings is 3. The molecule has 0 bridgehead atoms. The summed E-state index contributed by atoms with van der Waals surface area (Å²) >= 11 is 1.56. The molecule has 0 aliphatic rings. The second-order valence-corrected chi connectivity index (χ2v) is 6.44. The normalized spacial score (nSPS) is 10.3. The van der Waals surface area contributed by atoms with E-state index in [1.54, 1.807) is 11.8 Å². The largest absolute Gasteiger partial charge is 0.457 e. The highest BCUT2D eigenvalue weighted by atomic mass is 32.2. The van der Waals surface area contributed by atoms with Crippen molar-refractivity contribution in [1.29, 1.82) is 0 Å². The Morgan fingerprint density at radius 3 is 2.12 bits per heavy atom. The van der Waals surface area contributed by atoms with Gasteiger partial charge in [0.1, 0.15) is 11.5 Å². The number of amides is 1. The van der Waals surface area contributed by atoms with E-state index in [4.69, 9.17) is 4.74 Å². The quantitative estimate of drug-likeness (QED) is 0.595. The molecule has 0 aliphatic heterocycles. The molecule has 0 saturated carbocycles. The van der Waals surface area contributed by atoms with Gasteiger partial charge in [0, 0.05) is 10.6 Å². The Kier molecular flexibility index (Phi) is 5.41. The zero-order chi connectivity index (χ0) is 17.6. The maximum Gasteiger partial charge on any atom is 0.256 e. The molecule has 1 N–H and O–H groups in total. The van der Waals surface area contributed by atoms with E-state index in [-0.39, 0.29) is 5.91 Å². The molecule has 0 heterocycles. The van der Waals surface area contributed by atoms with Crippen molar-refractivity contribution in [2.24, 2.45) is 0 Å². The van der Waals surface area contributed by atoms with E-state index in [0.29, 0.717) is 5.56 Å². The first-order valence-electron chi connectivity index (χ1n) is 7.94. The minimum atomic E-state index is -0.114. The van der Waals surface area contributed by atoms with Crippen LogP contribution in [-0.2, 0) is 0 Å². The lowest BCUT2D eigenvalue weighted by Gasteiger charge is -2.10. The SMILES string of the molecule is CSc1ccccc1C(=O)Nc1ccc(Oc2ccc(C)cc2)cc1. The Morgan fingerprint density at radius 2 is 1.48 bits per heavy atom. The van der Waals surface area contributed by atoms with Crippen molar-refractivity contribution in [2.45, 2.75) is 11.8 Å². The molecule has 3 nitrogen and oxygen atoms in total. The summed E-state index contributed by atoms with van der Waals surface area (Å²) in [4.78, 5) is 13.4. The van der Waals surface area contributed by atoms with Crippen LogP contribution in [0.2, 0.25) is 0 Å². The van der Waals surface area contributed by atoms with Crippen molar-refractivity contribution in [2.75, 3.05) is 11.6 Å². The van der Waals surface area contributed by atoms with Crippen molar-refractivity contribution in [3.05, 3.63) is 83.9 Å². The van der Waals surface area contributed by atoms with Crippen molar-refractivity contribution >= 4 is 23.4 Å². The van der Waals surface area contributed by atoms with Gasteiger partial charge in [-0.1, -0.05) is 29.8 Å². The molecule has 0 radical (unpaired) electrons. The molecule has 25 heavy (non-hydrogen) atoms. The molecule has 3 aromatic rings. The third-order valence-electron chi connectivity index (χ3n) is 3.72. The number of rotatable bonds is 5. The molecule has 0 spiro atoms. The van der Waals surface area contributed by atoms with E-state index in [0.717, 1.165) is 22.1 Å². The van der Waals surface area contributed by atoms with E-state index in [9.17, 15) is 4.79 Å². The maximum absolute atomic E-state index is 12.4. The molecule has 1 amide bonds. The highest BCUT2D eigenvalue weighted by Gasteiger charge is 2.10. The fraction of sp³-hybridized carbons (Fsp3) is 0.0952. The second-order valence-electron chi connectivity index (χ2n) is 5.59. The molecule has 0 aliphatic carbocycles. The first kappa shape index (κ1) is 17.1. The molecule has 0 unspecified atom stereocenters. The number of anilines is 1. The number of aryl methyl sites for hydroxylation is 1. The Balaban J connectivity index is 1.68. The van der Waals surface area contributed by atoms with E-state index in [2.05, 4.69) is 5.32 Å². The van der Waals surface area contributed by atoms with Crippen LogP contribution in [0.3, 0.4) is 0 Å². The summed E-state index contributed by atoms with van der Waals surface area (Å²) < 4.78 is 5.80. The van der Waals surface area contributed by atoms with Gasteiger partial charge in [-0.3, -0.25) is 4.79 Å². The Morgan fingerprint density at radius 1 is 0.880 bits per heavy atom. The molecular formula is C21H19NO2S. The Hall–Kier alpha value is -2.72. The van der Waals surface area contributed by atoms with Gasteiger partial charge in [-0.2, -0.15) is 0 Å². The van der Waals surface area contributed by atoms with E-state index in [1.165, 1.54) is 5.56 Å². The van der Waals surface area contributed by atoms with Gasteiger partial charge < -0.3 is 10.1 Å². The topological polar surface area (TPSA) is 38.3 Å². The molecular weight excluding hydrogens is 330 g/mol. The van der Waals surface area contributed by atoms with Gasteiger partial charge in [-0.05, 0) is 61.7 Å². The Bertz CT molecular complexity index is 858. The fourth-order valence-electron chi connectivity index (χ4n) is 2.38. The van der Waals surface area contributed by atoms with Crippen LogP contribution < -0.4 is 10.1 Å². The first-order valence-corrected chi connectivity index (χ1v) is 9.17. The lowest BCUT2D eigenvalue weighted by atomic mass is 10.2. The van der Waals surface area contributed by atoms with Gasteiger partial charge in [-0.15, -0.1) is 11.8 Å². The third kappa shape index (κ3) is 4.43. The number of carbonyl (C=O) groups excluding carboxylic acids is 1. The fourth-order valence-corrected chi connectivity index (χ4v) is 2.97. The predicted molar refractivity (Wildman–Crippen MR) is 104 cm³/mol. The lowest BCUT2D eigenvalue weighted by molar-refractivity contribution is 0.102. The minimum absolute atomic E-state index is 0.114. The van der Waals surface area contributed by atoms with Crippen LogP contribution in [0, 0.1) is 6.92 Å². The molecule has 0 fully saturated rings. The average Bonchev–Trinajstić information content (AvgIpc) is 2.65. The summed E-state index contributed by atoms with van der Waals surface area (Å²) in [5, 5.41) is 2.92. The highest BCUT2D eigenvalue weighted by molar-refractivity contribution is 7.98. The van der Waals surface area contributed by atoms with Crippen molar-refractivity contribution in [1.82, 2.24) is 0 Å². The van der Waals surface area contributed by atoms with Gasteiger partial charge in [-0.25, -0.2) is 0 Å². The summed E-state index contributed by atoms with van der Waals surface area (Å²) in [5.41, 5.74) is 2.60. The van der Waals surface area contributed by atoms with Gasteiger partial charge >= 0.3 is 0 Å².